The van der Waals surface area contributed by atoms with E-state index in [1.807, 2.05) is 0 Å². The maximum atomic E-state index is 12.7. The number of ether oxygens (including phenoxy) is 1. The highest BCUT2D eigenvalue weighted by molar-refractivity contribution is 9.10. The molecule has 0 spiro atoms. The quantitative estimate of drug-likeness (QED) is 0.726. The number of hydrogen-bond donors (Lipinski definition) is 1. The maximum absolute atomic E-state index is 12.7. The SMILES string of the molecule is Cl.Cl.FC(F)(F)Oc1ccc(Br)cc1[C@H](C1CC1)N1CCNCC1. The molecular weight excluding hydrogens is 432 g/mol. The first-order valence-corrected chi connectivity index (χ1v) is 8.23. The summed E-state index contributed by atoms with van der Waals surface area (Å²) >= 11 is 3.37. The molecule has 9 heteroatoms. The van der Waals surface area contributed by atoms with Crippen molar-refractivity contribution in [3.63, 3.8) is 0 Å². The Morgan fingerprint density at radius 3 is 2.33 bits per heavy atom. The van der Waals surface area contributed by atoms with Crippen LogP contribution in [0.4, 0.5) is 13.2 Å². The van der Waals surface area contributed by atoms with E-state index in [9.17, 15) is 13.2 Å². The molecule has 0 bridgehead atoms. The van der Waals surface area contributed by atoms with E-state index in [1.54, 1.807) is 12.1 Å². The Bertz CT molecular complexity index is 538. The first kappa shape index (κ1) is 21.8. The summed E-state index contributed by atoms with van der Waals surface area (Å²) in [4.78, 5) is 2.28. The minimum Gasteiger partial charge on any atom is -0.405 e. The van der Waals surface area contributed by atoms with Crippen molar-refractivity contribution in [3.8, 4) is 5.75 Å². The Labute approximate surface area is 160 Å². The molecule has 1 heterocycles. The average Bonchev–Trinajstić information content (AvgIpc) is 3.27. The van der Waals surface area contributed by atoms with Crippen molar-refractivity contribution < 1.29 is 17.9 Å². The Morgan fingerprint density at radius 2 is 1.79 bits per heavy atom. The first-order valence-electron chi connectivity index (χ1n) is 7.44. The van der Waals surface area contributed by atoms with Gasteiger partial charge < -0.3 is 10.1 Å². The Kier molecular flexibility index (Phi) is 8.13. The molecule has 0 aromatic heterocycles. The van der Waals surface area contributed by atoms with Crippen LogP contribution in [0.15, 0.2) is 22.7 Å². The molecule has 1 aliphatic carbocycles. The van der Waals surface area contributed by atoms with Crippen molar-refractivity contribution in [3.05, 3.63) is 28.2 Å². The second-order valence-corrected chi connectivity index (χ2v) is 6.71. The number of hydrogen-bond acceptors (Lipinski definition) is 3. The zero-order chi connectivity index (χ0) is 15.7. The largest absolute Gasteiger partial charge is 0.573 e. The maximum Gasteiger partial charge on any atom is 0.573 e. The molecule has 24 heavy (non-hydrogen) atoms. The van der Waals surface area contributed by atoms with Crippen molar-refractivity contribution in [2.75, 3.05) is 26.2 Å². The van der Waals surface area contributed by atoms with Gasteiger partial charge in [-0.05, 0) is 37.0 Å². The summed E-state index contributed by atoms with van der Waals surface area (Å²) in [6.45, 7) is 3.43. The molecular formula is C15H20BrCl2F3N2O. The monoisotopic (exact) mass is 450 g/mol. The molecule has 3 rings (SSSR count). The molecule has 2 fully saturated rings. The molecule has 0 unspecified atom stereocenters. The predicted molar refractivity (Wildman–Crippen MR) is 95.2 cm³/mol. The summed E-state index contributed by atoms with van der Waals surface area (Å²) in [7, 11) is 0. The Balaban J connectivity index is 0.00000144. The van der Waals surface area contributed by atoms with Crippen molar-refractivity contribution >= 4 is 40.7 Å². The van der Waals surface area contributed by atoms with Gasteiger partial charge in [0.15, 0.2) is 0 Å². The van der Waals surface area contributed by atoms with Crippen molar-refractivity contribution in [1.82, 2.24) is 10.2 Å². The summed E-state index contributed by atoms with van der Waals surface area (Å²) < 4.78 is 43.1. The molecule has 1 atom stereocenters. The van der Waals surface area contributed by atoms with E-state index in [0.29, 0.717) is 11.5 Å². The van der Waals surface area contributed by atoms with Crippen LogP contribution >= 0.6 is 40.7 Å². The van der Waals surface area contributed by atoms with Crippen LogP contribution in [0.5, 0.6) is 5.75 Å². The average molecular weight is 452 g/mol. The van der Waals surface area contributed by atoms with Gasteiger partial charge in [-0.25, -0.2) is 0 Å². The molecule has 1 aromatic rings. The van der Waals surface area contributed by atoms with Gasteiger partial charge in [-0.3, -0.25) is 4.90 Å². The van der Waals surface area contributed by atoms with Crippen molar-refractivity contribution in [2.45, 2.75) is 25.2 Å². The minimum atomic E-state index is -4.67. The van der Waals surface area contributed by atoms with Gasteiger partial charge in [0, 0.05) is 42.3 Å². The van der Waals surface area contributed by atoms with E-state index < -0.39 is 6.36 Å². The lowest BCUT2D eigenvalue weighted by Crippen LogP contribution is -2.45. The number of nitrogens with one attached hydrogen (secondary N) is 1. The number of piperazine rings is 1. The van der Waals surface area contributed by atoms with Gasteiger partial charge >= 0.3 is 6.36 Å². The molecule has 1 aromatic carbocycles. The number of halogens is 6. The smallest absolute Gasteiger partial charge is 0.405 e. The molecule has 1 saturated heterocycles. The first-order chi connectivity index (χ1) is 10.4. The number of benzene rings is 1. The van der Waals surface area contributed by atoms with Gasteiger partial charge in [-0.15, -0.1) is 38.0 Å². The minimum absolute atomic E-state index is 0. The summed E-state index contributed by atoms with van der Waals surface area (Å²) in [6.07, 6.45) is -2.54. The summed E-state index contributed by atoms with van der Waals surface area (Å²) in [5.41, 5.74) is 0.635. The highest BCUT2D eigenvalue weighted by Gasteiger charge is 2.40. The van der Waals surface area contributed by atoms with Crippen LogP contribution < -0.4 is 10.1 Å². The van der Waals surface area contributed by atoms with E-state index in [2.05, 4.69) is 30.9 Å². The lowest BCUT2D eigenvalue weighted by Gasteiger charge is -2.36. The predicted octanol–water partition coefficient (Wildman–Crippen LogP) is 4.55. The summed E-state index contributed by atoms with van der Waals surface area (Å²) in [6, 6.07) is 4.76. The third-order valence-corrected chi connectivity index (χ3v) is 4.62. The fourth-order valence-electron chi connectivity index (χ4n) is 3.09. The summed E-state index contributed by atoms with van der Waals surface area (Å²) in [5, 5.41) is 3.28. The Hall–Kier alpha value is -0.210. The van der Waals surface area contributed by atoms with Crippen LogP contribution in [-0.4, -0.2) is 37.4 Å². The number of alkyl halides is 3. The van der Waals surface area contributed by atoms with Crippen LogP contribution in [0.25, 0.3) is 0 Å². The fourth-order valence-corrected chi connectivity index (χ4v) is 3.47. The van der Waals surface area contributed by atoms with Crippen molar-refractivity contribution in [1.29, 1.82) is 0 Å². The van der Waals surface area contributed by atoms with E-state index >= 15 is 0 Å². The van der Waals surface area contributed by atoms with Crippen LogP contribution in [0.1, 0.15) is 24.4 Å². The lowest BCUT2D eigenvalue weighted by molar-refractivity contribution is -0.275. The lowest BCUT2D eigenvalue weighted by atomic mass is 9.98. The third-order valence-electron chi connectivity index (χ3n) is 4.13. The molecule has 3 nitrogen and oxygen atoms in total. The zero-order valence-electron chi connectivity index (χ0n) is 12.8. The van der Waals surface area contributed by atoms with Crippen LogP contribution in [-0.2, 0) is 0 Å². The summed E-state index contributed by atoms with van der Waals surface area (Å²) in [5.74, 6) is 0.342. The van der Waals surface area contributed by atoms with E-state index in [0.717, 1.165) is 43.5 Å². The standard InChI is InChI=1S/C15H18BrF3N2O.2ClH/c16-11-3-4-13(22-15(17,18)19)12(9-11)14(10-1-2-10)21-7-5-20-6-8-21;;/h3-4,9-10,14,20H,1-2,5-8H2;2*1H/t14-;;/m0../s1. The van der Waals surface area contributed by atoms with E-state index in [-0.39, 0.29) is 36.6 Å². The molecule has 1 saturated carbocycles. The zero-order valence-corrected chi connectivity index (χ0v) is 16.0. The van der Waals surface area contributed by atoms with Gasteiger partial charge in [0.2, 0.25) is 0 Å². The van der Waals surface area contributed by atoms with E-state index in [1.165, 1.54) is 6.07 Å². The molecule has 0 radical (unpaired) electrons. The van der Waals surface area contributed by atoms with Gasteiger partial charge in [-0.1, -0.05) is 15.9 Å². The fraction of sp³-hybridized carbons (Fsp3) is 0.600. The van der Waals surface area contributed by atoms with Gasteiger partial charge in [0.05, 0.1) is 0 Å². The molecule has 1 N–H and O–H groups in total. The molecule has 0 amide bonds. The Morgan fingerprint density at radius 1 is 1.17 bits per heavy atom. The number of rotatable bonds is 4. The number of nitrogens with zero attached hydrogens (tertiary/aromatic N) is 1. The van der Waals surface area contributed by atoms with Crippen molar-refractivity contribution in [2.24, 2.45) is 5.92 Å². The second kappa shape index (κ2) is 8.94. The van der Waals surface area contributed by atoms with Crippen LogP contribution in [0.2, 0.25) is 0 Å². The van der Waals surface area contributed by atoms with Gasteiger partial charge in [-0.2, -0.15) is 0 Å². The van der Waals surface area contributed by atoms with Crippen LogP contribution in [0.3, 0.4) is 0 Å². The normalized spacial score (nSPS) is 19.8. The van der Waals surface area contributed by atoms with E-state index in [4.69, 9.17) is 0 Å². The third kappa shape index (κ3) is 5.66. The highest BCUT2D eigenvalue weighted by atomic mass is 79.9. The van der Waals surface area contributed by atoms with Gasteiger partial charge in [0.25, 0.3) is 0 Å². The topological polar surface area (TPSA) is 24.5 Å². The highest BCUT2D eigenvalue weighted by Crippen LogP contribution is 2.48. The second-order valence-electron chi connectivity index (χ2n) is 5.80. The van der Waals surface area contributed by atoms with Crippen LogP contribution in [0, 0.1) is 5.92 Å². The van der Waals surface area contributed by atoms with Gasteiger partial charge in [0.1, 0.15) is 5.75 Å². The molecule has 2 aliphatic rings. The molecule has 1 aliphatic heterocycles. The molecule has 138 valence electrons.